The first-order valence-corrected chi connectivity index (χ1v) is 40.6. The third-order valence-corrected chi connectivity index (χ3v) is 24.3. The SMILES string of the molecule is C=C1O[C@@H](N2C=CC(=O)CC2=O)[C@](C)(N=[N+]=[N-])[C@@H]1O.CC[C@H]1O[C@@H](N2C=CC(=O)CC2=O)[C@](C)(N=[N+]=[N-])[C@@H]1O.C[C@@]1(N=[N+]=[N-])[C@H](O)[C@@H](CI)O[C@H]1N1C=CC(=O)CC1=O.C[C@@]1(N=[N+]=[N-])[C@H](O)[C@@H](CO)O[C@H]1N1C=CC(=O)CC1=O.C[C@H]1[C@@](C)(N=[N+]=[N-])[C@H](N2C=CC(=O)CC2=O)O[C@]1(F)CI.C[C@]1(N=[N+]=[N-])[C@H](N2C=CC(=O)CC2=O)O[C@](F)(CI)[C@H]1O. The van der Waals surface area contributed by atoms with Gasteiger partial charge in [-0.2, -0.15) is 0 Å². The third kappa shape index (κ3) is 20.0. The highest BCUT2D eigenvalue weighted by molar-refractivity contribution is 14.1. The second kappa shape index (κ2) is 40.1. The maximum atomic E-state index is 14.8. The van der Waals surface area contributed by atoms with E-state index in [1.54, 1.807) is 36.4 Å². The number of alkyl halides is 5. The Bertz CT molecular complexity index is 4370. The van der Waals surface area contributed by atoms with Gasteiger partial charge in [0.05, 0.1) is 90.0 Å². The summed E-state index contributed by atoms with van der Waals surface area (Å²) < 4.78 is 62.3. The Morgan fingerprint density at radius 3 is 0.992 bits per heavy atom. The molecular formula is C68H81F2I3N24O24. The van der Waals surface area contributed by atoms with Crippen molar-refractivity contribution in [1.82, 2.24) is 29.4 Å². The Balaban J connectivity index is 0.000000200. The van der Waals surface area contributed by atoms with Crippen LogP contribution in [0.3, 0.4) is 0 Å². The number of hydrogen-bond donors (Lipinski definition) is 6. The molecule has 0 aromatic heterocycles. The molecule has 121 heavy (non-hydrogen) atoms. The zero-order valence-electron chi connectivity index (χ0n) is 65.2. The lowest BCUT2D eigenvalue weighted by Crippen LogP contribution is -2.53. The Labute approximate surface area is 724 Å². The smallest absolute Gasteiger partial charge is 0.247 e. The summed E-state index contributed by atoms with van der Waals surface area (Å²) in [5.41, 5.74) is 43.7. The lowest BCUT2D eigenvalue weighted by molar-refractivity contribution is -0.182. The fourth-order valence-electron chi connectivity index (χ4n) is 14.2. The van der Waals surface area contributed by atoms with Crippen LogP contribution < -0.4 is 0 Å². The van der Waals surface area contributed by atoms with Crippen LogP contribution in [0.15, 0.2) is 117 Å². The second-order valence-corrected chi connectivity index (χ2v) is 31.9. The number of aliphatic hydroxyl groups excluding tert-OH is 6. The number of ether oxygens (including phenoxy) is 6. The molecule has 6 amide bonds. The second-order valence-electron chi connectivity index (χ2n) is 29.5. The van der Waals surface area contributed by atoms with E-state index in [4.69, 9.17) is 66.7 Å². The number of azide groups is 6. The summed E-state index contributed by atoms with van der Waals surface area (Å²) in [5, 5.41) is 81.3. The molecular weight excluding hydrogens is 1960 g/mol. The van der Waals surface area contributed by atoms with E-state index in [-0.39, 0.29) is 87.8 Å². The van der Waals surface area contributed by atoms with E-state index in [0.717, 1.165) is 31.9 Å². The van der Waals surface area contributed by atoms with E-state index in [2.05, 4.69) is 66.7 Å². The molecule has 6 N–H and O–H groups in total. The minimum absolute atomic E-state index is 0.0120. The van der Waals surface area contributed by atoms with Crippen molar-refractivity contribution in [2.24, 2.45) is 36.6 Å². The molecule has 0 aliphatic carbocycles. The summed E-state index contributed by atoms with van der Waals surface area (Å²) in [6.45, 7) is 15.2. The average Bonchev–Trinajstić information content (AvgIpc) is 1.60. The summed E-state index contributed by atoms with van der Waals surface area (Å²) in [5.74, 6) is -10.2. The number of carbonyl (C=O) groups excluding carboxylic acids is 12. The number of amides is 6. The summed E-state index contributed by atoms with van der Waals surface area (Å²) in [7, 11) is 0. The lowest BCUT2D eigenvalue weighted by Gasteiger charge is -2.35. The number of ketones is 6. The van der Waals surface area contributed by atoms with Crippen LogP contribution in [-0.2, 0) is 86.0 Å². The monoisotopic (exact) mass is 2040 g/mol. The van der Waals surface area contributed by atoms with Crippen molar-refractivity contribution in [3.63, 3.8) is 0 Å². The van der Waals surface area contributed by atoms with E-state index in [0.29, 0.717) is 10.8 Å². The molecule has 23 atom stereocenters. The molecule has 48 nitrogen and oxygen atoms in total. The molecule has 0 saturated carbocycles. The maximum Gasteiger partial charge on any atom is 0.247 e. The Kier molecular flexibility index (Phi) is 32.6. The molecule has 6 saturated heterocycles. The molecule has 12 rings (SSSR count). The van der Waals surface area contributed by atoms with Gasteiger partial charge >= 0.3 is 0 Å². The topological polar surface area (TPSA) is 694 Å². The van der Waals surface area contributed by atoms with Crippen LogP contribution in [0.1, 0.15) is 100 Å². The molecule has 0 unspecified atom stereocenters. The molecule has 652 valence electrons. The fraction of sp³-hybridized carbons (Fsp3) is 0.618. The molecule has 6 fully saturated rings. The van der Waals surface area contributed by atoms with Crippen molar-refractivity contribution in [1.29, 1.82) is 0 Å². The highest BCUT2D eigenvalue weighted by Crippen LogP contribution is 2.51. The molecule has 0 aromatic carbocycles. The summed E-state index contributed by atoms with van der Waals surface area (Å²) in [6, 6.07) is 0. The van der Waals surface area contributed by atoms with Gasteiger partial charge < -0.3 is 59.1 Å². The van der Waals surface area contributed by atoms with Gasteiger partial charge in [-0.1, -0.05) is 119 Å². The molecule has 12 heterocycles. The van der Waals surface area contributed by atoms with Gasteiger partial charge in [0.2, 0.25) is 47.2 Å². The van der Waals surface area contributed by atoms with Gasteiger partial charge in [-0.05, 0) is 118 Å². The van der Waals surface area contributed by atoms with Crippen molar-refractivity contribution in [3.8, 4) is 0 Å². The van der Waals surface area contributed by atoms with Crippen LogP contribution in [0.25, 0.3) is 62.7 Å². The number of hydrogen-bond acceptors (Lipinski definition) is 30. The third-order valence-electron chi connectivity index (χ3n) is 21.4. The van der Waals surface area contributed by atoms with Crippen LogP contribution >= 0.6 is 67.8 Å². The molecule has 0 bridgehead atoms. The van der Waals surface area contributed by atoms with Crippen molar-refractivity contribution in [3.05, 3.63) is 149 Å². The molecule has 0 spiro atoms. The minimum Gasteiger partial charge on any atom is -0.471 e. The van der Waals surface area contributed by atoms with Gasteiger partial charge in [0.15, 0.2) is 72.1 Å². The number of nitrogens with zero attached hydrogens (tertiary/aromatic N) is 24. The van der Waals surface area contributed by atoms with Gasteiger partial charge in [0.25, 0.3) is 0 Å². The van der Waals surface area contributed by atoms with Crippen molar-refractivity contribution >= 4 is 138 Å². The summed E-state index contributed by atoms with van der Waals surface area (Å²) in [6.07, 6.45) is -1.13. The highest BCUT2D eigenvalue weighted by atomic mass is 127. The maximum absolute atomic E-state index is 14.8. The molecule has 12 aliphatic heterocycles. The average molecular weight is 2040 g/mol. The number of carbonyl (C=O) groups is 12. The van der Waals surface area contributed by atoms with E-state index < -0.39 is 179 Å². The van der Waals surface area contributed by atoms with Crippen LogP contribution in [0.5, 0.6) is 0 Å². The predicted molar refractivity (Wildman–Crippen MR) is 430 cm³/mol. The number of rotatable bonds is 17. The first-order valence-electron chi connectivity index (χ1n) is 36.0. The number of halogens is 5. The standard InChI is InChI=1S/C12H14FIN4O3.C12H16N4O4.C11H12FIN4O4.C11H13IN4O4.C11H14N4O5.C11H12N4O4/c1-7-11(2,16-17-15)10(21-12(7,13)6-14)18-4-3-8(19)5-9(18)20;1-3-8-10(19)12(2,14-15-13)11(20-8)16-5-4-7(17)6-9(16)18;1-10(15-16-14)8(20)11(12,5-13)21-9(10)17-3-2-6(18)4-7(17)19;1-11(14-15-13)9(19)7(5-12)20-10(11)16-3-2-6(17)4-8(16)18;1-11(13-14-12)9(19)7(5-16)20-10(11)15-3-2-6(17)4-8(15)18;1-6-9(18)11(2,13-14-12)10(19-6)15-4-3-7(16)5-8(15)17/h3-4,7,10H,5-6H2,1-2H3;4-5,8,10-11,19H,3,6H2,1-2H3;2-3,8-9,20H,4-5H2,1H3;2-3,7,9-10,19H,4-5H2,1H3;2-3,7,9-10,16,19H,4-5H2,1H3;3-4,9-10,18H,1,5H2,2H3/t7-,10+,11+,12+;8-,10-,11-,12-;8-,9+,10+,11+;2*7-,9-,10-,11-;9-,10-,11-/m010111/s1. The van der Waals surface area contributed by atoms with Crippen LogP contribution in [0.2, 0.25) is 0 Å². The highest BCUT2D eigenvalue weighted by Gasteiger charge is 2.66. The Morgan fingerprint density at radius 1 is 0.421 bits per heavy atom. The first-order chi connectivity index (χ1) is 56.8. The fourth-order valence-corrected chi connectivity index (χ4v) is 16.3. The zero-order valence-corrected chi connectivity index (χ0v) is 71.7. The molecule has 0 aromatic rings. The zero-order chi connectivity index (χ0) is 90.6. The van der Waals surface area contributed by atoms with E-state index in [1.807, 2.05) is 52.1 Å². The predicted octanol–water partition coefficient (Wildman–Crippen LogP) is 5.46. The van der Waals surface area contributed by atoms with Crippen molar-refractivity contribution in [2.75, 3.05) is 19.9 Å². The largest absolute Gasteiger partial charge is 0.471 e. The van der Waals surface area contributed by atoms with Crippen molar-refractivity contribution in [2.45, 2.75) is 231 Å². The summed E-state index contributed by atoms with van der Waals surface area (Å²) in [4.78, 5) is 162. The van der Waals surface area contributed by atoms with Crippen molar-refractivity contribution < 1.29 is 125 Å². The first kappa shape index (κ1) is 98.4. The van der Waals surface area contributed by atoms with E-state index in [1.165, 1.54) is 106 Å². The normalized spacial score (nSPS) is 37.5. The number of allylic oxidation sites excluding steroid dienone is 6. The van der Waals surface area contributed by atoms with Gasteiger partial charge in [-0.25, -0.2) is 8.78 Å². The molecule has 12 aliphatic rings. The lowest BCUT2D eigenvalue weighted by atomic mass is 9.84. The molecule has 0 radical (unpaired) electrons. The van der Waals surface area contributed by atoms with E-state index >= 15 is 0 Å². The molecule has 53 heteroatoms. The van der Waals surface area contributed by atoms with E-state index in [9.17, 15) is 91.8 Å². The quantitative estimate of drug-likeness (QED) is 0.0263. The minimum atomic E-state index is -2.45. The Morgan fingerprint density at radius 2 is 0.686 bits per heavy atom. The van der Waals surface area contributed by atoms with Gasteiger partial charge in [0.1, 0.15) is 51.8 Å². The van der Waals surface area contributed by atoms with Crippen LogP contribution in [0.4, 0.5) is 8.78 Å². The Hall–Kier alpha value is -9.71. The van der Waals surface area contributed by atoms with Crippen LogP contribution in [0, 0.1) is 5.92 Å². The van der Waals surface area contributed by atoms with Crippen LogP contribution in [-0.4, -0.2) is 281 Å². The van der Waals surface area contributed by atoms with Gasteiger partial charge in [0, 0.05) is 77.0 Å². The van der Waals surface area contributed by atoms with Gasteiger partial charge in [-0.3, -0.25) is 86.9 Å². The summed E-state index contributed by atoms with van der Waals surface area (Å²) >= 11 is 5.58. The number of aliphatic hydroxyl groups is 6. The van der Waals surface area contributed by atoms with Gasteiger partial charge in [-0.15, -0.1) is 0 Å².